The van der Waals surface area contributed by atoms with Gasteiger partial charge in [0.1, 0.15) is 12.4 Å². The van der Waals surface area contributed by atoms with E-state index in [1.807, 2.05) is 47.8 Å². The number of morpholine rings is 1. The SMILES string of the molecule is CC1CN(Cc2csc(NC(=O)c3cccc(OCc4ccccc4)c3)n2)CC(C)O1. The molecule has 2 unspecified atom stereocenters. The summed E-state index contributed by atoms with van der Waals surface area (Å²) >= 11 is 1.44. The van der Waals surface area contributed by atoms with Crippen LogP contribution in [0.3, 0.4) is 0 Å². The normalized spacial score (nSPS) is 19.2. The highest BCUT2D eigenvalue weighted by atomic mass is 32.1. The van der Waals surface area contributed by atoms with Crippen molar-refractivity contribution >= 4 is 22.4 Å². The summed E-state index contributed by atoms with van der Waals surface area (Å²) in [5, 5.41) is 5.51. The number of carbonyl (C=O) groups is 1. The van der Waals surface area contributed by atoms with Gasteiger partial charge in [0.05, 0.1) is 17.9 Å². The van der Waals surface area contributed by atoms with Gasteiger partial charge in [-0.25, -0.2) is 4.98 Å². The van der Waals surface area contributed by atoms with Gasteiger partial charge in [0, 0.05) is 30.6 Å². The number of thiazole rings is 1. The quantitative estimate of drug-likeness (QED) is 0.586. The Morgan fingerprint density at radius 2 is 1.94 bits per heavy atom. The number of benzene rings is 2. The molecule has 1 amide bonds. The molecule has 0 radical (unpaired) electrons. The Bertz CT molecular complexity index is 998. The highest BCUT2D eigenvalue weighted by Gasteiger charge is 2.22. The minimum absolute atomic E-state index is 0.195. The van der Waals surface area contributed by atoms with E-state index in [9.17, 15) is 4.79 Å². The number of nitrogens with zero attached hydrogens (tertiary/aromatic N) is 2. The van der Waals surface area contributed by atoms with Crippen LogP contribution < -0.4 is 10.1 Å². The summed E-state index contributed by atoms with van der Waals surface area (Å²) in [6, 6.07) is 17.1. The van der Waals surface area contributed by atoms with Crippen LogP contribution in [0.1, 0.15) is 35.5 Å². The number of rotatable bonds is 7. The van der Waals surface area contributed by atoms with Crippen molar-refractivity contribution in [1.29, 1.82) is 0 Å². The molecule has 0 aliphatic carbocycles. The Labute approximate surface area is 186 Å². The van der Waals surface area contributed by atoms with Crippen molar-refractivity contribution in [2.75, 3.05) is 18.4 Å². The molecule has 1 N–H and O–H groups in total. The lowest BCUT2D eigenvalue weighted by Gasteiger charge is -2.34. The fourth-order valence-electron chi connectivity index (χ4n) is 3.72. The van der Waals surface area contributed by atoms with Crippen molar-refractivity contribution in [2.45, 2.75) is 39.2 Å². The molecule has 0 saturated carbocycles. The third-order valence-corrected chi connectivity index (χ3v) is 5.80. The molecule has 7 heteroatoms. The van der Waals surface area contributed by atoms with Gasteiger partial charge in [-0.3, -0.25) is 15.0 Å². The lowest BCUT2D eigenvalue weighted by molar-refractivity contribution is -0.0707. The predicted molar refractivity (Wildman–Crippen MR) is 123 cm³/mol. The molecule has 0 bridgehead atoms. The van der Waals surface area contributed by atoms with Crippen LogP contribution in [0, 0.1) is 0 Å². The Balaban J connectivity index is 1.33. The van der Waals surface area contributed by atoms with E-state index in [1.165, 1.54) is 11.3 Å². The highest BCUT2D eigenvalue weighted by Crippen LogP contribution is 2.21. The molecule has 1 fully saturated rings. The number of ether oxygens (including phenoxy) is 2. The van der Waals surface area contributed by atoms with Crippen molar-refractivity contribution in [3.05, 3.63) is 76.8 Å². The van der Waals surface area contributed by atoms with Crippen LogP contribution in [0.15, 0.2) is 60.0 Å². The number of hydrogen-bond donors (Lipinski definition) is 1. The molecular formula is C24H27N3O3S. The zero-order valence-electron chi connectivity index (χ0n) is 17.8. The van der Waals surface area contributed by atoms with Crippen molar-refractivity contribution in [2.24, 2.45) is 0 Å². The van der Waals surface area contributed by atoms with Gasteiger partial charge in [0.15, 0.2) is 5.13 Å². The fraction of sp³-hybridized carbons (Fsp3) is 0.333. The maximum Gasteiger partial charge on any atom is 0.257 e. The summed E-state index contributed by atoms with van der Waals surface area (Å²) in [7, 11) is 0. The van der Waals surface area contributed by atoms with Crippen LogP contribution in [0.25, 0.3) is 0 Å². The second kappa shape index (κ2) is 10.0. The molecule has 4 rings (SSSR count). The molecule has 1 saturated heterocycles. The number of anilines is 1. The average molecular weight is 438 g/mol. The molecule has 162 valence electrons. The van der Waals surface area contributed by atoms with Gasteiger partial charge in [-0.2, -0.15) is 0 Å². The lowest BCUT2D eigenvalue weighted by Crippen LogP contribution is -2.44. The molecule has 1 aliphatic rings. The zero-order valence-corrected chi connectivity index (χ0v) is 18.6. The van der Waals surface area contributed by atoms with Crippen molar-refractivity contribution in [3.63, 3.8) is 0 Å². The number of hydrogen-bond acceptors (Lipinski definition) is 6. The van der Waals surface area contributed by atoms with E-state index in [-0.39, 0.29) is 18.1 Å². The standard InChI is InChI=1S/C24H27N3O3S/c1-17-12-27(13-18(2)30-17)14-21-16-31-24(25-21)26-23(28)20-9-6-10-22(11-20)29-15-19-7-4-3-5-8-19/h3-11,16-18H,12-15H2,1-2H3,(H,25,26,28). The zero-order chi connectivity index (χ0) is 21.6. The van der Waals surface area contributed by atoms with Crippen LogP contribution in [0.5, 0.6) is 5.75 Å². The summed E-state index contributed by atoms with van der Waals surface area (Å²) in [5.74, 6) is 0.464. The molecule has 31 heavy (non-hydrogen) atoms. The van der Waals surface area contributed by atoms with Gasteiger partial charge in [-0.05, 0) is 37.6 Å². The summed E-state index contributed by atoms with van der Waals surface area (Å²) < 4.78 is 11.6. The minimum atomic E-state index is -0.195. The Morgan fingerprint density at radius 1 is 1.16 bits per heavy atom. The van der Waals surface area contributed by atoms with E-state index in [4.69, 9.17) is 9.47 Å². The average Bonchev–Trinajstić information content (AvgIpc) is 3.19. The van der Waals surface area contributed by atoms with E-state index in [2.05, 4.69) is 29.0 Å². The van der Waals surface area contributed by atoms with E-state index >= 15 is 0 Å². The van der Waals surface area contributed by atoms with Gasteiger partial charge in [-0.1, -0.05) is 36.4 Å². The molecule has 2 aromatic carbocycles. The van der Waals surface area contributed by atoms with E-state index < -0.39 is 0 Å². The van der Waals surface area contributed by atoms with E-state index in [0.29, 0.717) is 23.1 Å². The van der Waals surface area contributed by atoms with Crippen molar-refractivity contribution in [1.82, 2.24) is 9.88 Å². The summed E-state index contributed by atoms with van der Waals surface area (Å²) in [5.41, 5.74) is 2.58. The maximum atomic E-state index is 12.7. The Morgan fingerprint density at radius 3 is 2.71 bits per heavy atom. The molecular weight excluding hydrogens is 410 g/mol. The lowest BCUT2D eigenvalue weighted by atomic mass is 10.2. The number of aromatic nitrogens is 1. The van der Waals surface area contributed by atoms with Gasteiger partial charge in [0.2, 0.25) is 0 Å². The first-order valence-corrected chi connectivity index (χ1v) is 11.3. The Kier molecular flexibility index (Phi) is 6.96. The summed E-state index contributed by atoms with van der Waals surface area (Å²) in [6.45, 7) is 7.17. The third-order valence-electron chi connectivity index (χ3n) is 5.00. The number of amides is 1. The highest BCUT2D eigenvalue weighted by molar-refractivity contribution is 7.14. The molecule has 2 atom stereocenters. The van der Waals surface area contributed by atoms with Gasteiger partial charge < -0.3 is 9.47 Å². The van der Waals surface area contributed by atoms with Gasteiger partial charge in [0.25, 0.3) is 5.91 Å². The molecule has 1 aliphatic heterocycles. The first-order chi connectivity index (χ1) is 15.0. The third kappa shape index (κ3) is 6.13. The molecule has 3 aromatic rings. The predicted octanol–water partition coefficient (Wildman–Crippen LogP) is 4.58. The smallest absolute Gasteiger partial charge is 0.257 e. The van der Waals surface area contributed by atoms with Gasteiger partial charge in [-0.15, -0.1) is 11.3 Å². The van der Waals surface area contributed by atoms with Crippen molar-refractivity contribution in [3.8, 4) is 5.75 Å². The van der Waals surface area contributed by atoms with Crippen molar-refractivity contribution < 1.29 is 14.3 Å². The summed E-state index contributed by atoms with van der Waals surface area (Å²) in [6.07, 6.45) is 0.441. The van der Waals surface area contributed by atoms with Crippen LogP contribution in [-0.4, -0.2) is 41.1 Å². The number of nitrogens with one attached hydrogen (secondary N) is 1. The number of carbonyl (C=O) groups excluding carboxylic acids is 1. The second-order valence-electron chi connectivity index (χ2n) is 7.85. The first kappa shape index (κ1) is 21.5. The van der Waals surface area contributed by atoms with Gasteiger partial charge >= 0.3 is 0 Å². The fourth-order valence-corrected chi connectivity index (χ4v) is 4.41. The minimum Gasteiger partial charge on any atom is -0.489 e. The molecule has 1 aromatic heterocycles. The maximum absolute atomic E-state index is 12.7. The first-order valence-electron chi connectivity index (χ1n) is 10.5. The van der Waals surface area contributed by atoms with E-state index in [0.717, 1.165) is 30.9 Å². The molecule has 0 spiro atoms. The van der Waals surface area contributed by atoms with Crippen LogP contribution in [0.2, 0.25) is 0 Å². The van der Waals surface area contributed by atoms with E-state index in [1.54, 1.807) is 12.1 Å². The monoisotopic (exact) mass is 437 g/mol. The van der Waals surface area contributed by atoms with Crippen LogP contribution >= 0.6 is 11.3 Å². The summed E-state index contributed by atoms with van der Waals surface area (Å²) in [4.78, 5) is 19.6. The topological polar surface area (TPSA) is 63.7 Å². The van der Waals surface area contributed by atoms with Crippen LogP contribution in [-0.2, 0) is 17.9 Å². The second-order valence-corrected chi connectivity index (χ2v) is 8.71. The van der Waals surface area contributed by atoms with Crippen LogP contribution in [0.4, 0.5) is 5.13 Å². The largest absolute Gasteiger partial charge is 0.489 e. The Hall–Kier alpha value is -2.74. The molecule has 6 nitrogen and oxygen atoms in total. The molecule has 2 heterocycles.